The molecule has 2 unspecified atom stereocenters. The van der Waals surface area contributed by atoms with Gasteiger partial charge in [-0.2, -0.15) is 13.2 Å². The highest BCUT2D eigenvalue weighted by molar-refractivity contribution is 7.80. The van der Waals surface area contributed by atoms with Gasteiger partial charge in [0.25, 0.3) is 5.91 Å². The van der Waals surface area contributed by atoms with Gasteiger partial charge in [-0.1, -0.05) is 66.7 Å². The van der Waals surface area contributed by atoms with Crippen molar-refractivity contribution in [1.29, 1.82) is 0 Å². The summed E-state index contributed by atoms with van der Waals surface area (Å²) in [5.74, 6) is -1.52. The van der Waals surface area contributed by atoms with Crippen molar-refractivity contribution in [3.63, 3.8) is 0 Å². The van der Waals surface area contributed by atoms with E-state index in [1.54, 1.807) is 36.4 Å². The molecule has 4 aromatic carbocycles. The normalized spacial score (nSPS) is 12.7. The van der Waals surface area contributed by atoms with Crippen LogP contribution >= 0.6 is 0 Å². The maximum Gasteiger partial charge on any atom is 0.416 e. The number of carbonyl (C=O) groups is 2. The van der Waals surface area contributed by atoms with Crippen LogP contribution in [0.2, 0.25) is 0 Å². The highest BCUT2D eigenvalue weighted by Crippen LogP contribution is 2.31. The summed E-state index contributed by atoms with van der Waals surface area (Å²) in [7, 11) is 1.12. The molecular formula is C30H24F3N2O5S-. The SMILES string of the molecule is COC(=O)C(CN(c1ccc(-c2ccccc2)cc1)S(=O)[O-])NC(=O)c1ccc(-c2ccc(C(F)(F)F)cc2)cc1. The van der Waals surface area contributed by atoms with Crippen LogP contribution in [0.15, 0.2) is 103 Å². The molecule has 0 radical (unpaired) electrons. The first-order valence-electron chi connectivity index (χ1n) is 12.3. The van der Waals surface area contributed by atoms with Gasteiger partial charge in [-0.3, -0.25) is 13.3 Å². The summed E-state index contributed by atoms with van der Waals surface area (Å²) in [5.41, 5.74) is 2.56. The van der Waals surface area contributed by atoms with Crippen LogP contribution in [0.5, 0.6) is 0 Å². The molecule has 2 atom stereocenters. The van der Waals surface area contributed by atoms with E-state index in [2.05, 4.69) is 5.32 Å². The lowest BCUT2D eigenvalue weighted by molar-refractivity contribution is -0.142. The first kappa shape index (κ1) is 29.5. The number of ether oxygens (including phenoxy) is 1. The minimum atomic E-state index is -4.45. The molecule has 0 heterocycles. The zero-order chi connectivity index (χ0) is 29.6. The Kier molecular flexibility index (Phi) is 9.21. The molecule has 0 saturated carbocycles. The second-order valence-corrected chi connectivity index (χ2v) is 9.77. The molecule has 0 spiro atoms. The summed E-state index contributed by atoms with van der Waals surface area (Å²) in [6.45, 7) is -0.428. The van der Waals surface area contributed by atoms with Crippen molar-refractivity contribution in [1.82, 2.24) is 5.32 Å². The summed E-state index contributed by atoms with van der Waals surface area (Å²) < 4.78 is 68.4. The molecule has 0 aliphatic carbocycles. The smallest absolute Gasteiger partial charge is 0.416 e. The molecular weight excluding hydrogens is 557 g/mol. The summed E-state index contributed by atoms with van der Waals surface area (Å²) >= 11 is -2.78. The maximum absolute atomic E-state index is 13.0. The zero-order valence-corrected chi connectivity index (χ0v) is 22.4. The average molecular weight is 582 g/mol. The largest absolute Gasteiger partial charge is 0.755 e. The second kappa shape index (κ2) is 12.8. The number of methoxy groups -OCH3 is 1. The van der Waals surface area contributed by atoms with Gasteiger partial charge in [0.2, 0.25) is 0 Å². The Hall–Kier alpha value is -4.48. The van der Waals surface area contributed by atoms with Gasteiger partial charge in [0, 0.05) is 22.5 Å². The standard InChI is InChI=1S/C30H25F3N2O5S/c1-40-29(37)27(19-35(41(38)39)26-17-13-23(14-18-26)20-5-3-2-4-6-20)34-28(36)24-9-7-21(8-10-24)22-11-15-25(16-12-22)30(31,32)33/h2-18,27H,19H2,1H3,(H,34,36)(H,38,39)/p-1. The molecule has 1 N–H and O–H groups in total. The number of hydrogen-bond acceptors (Lipinski definition) is 5. The summed E-state index contributed by atoms with van der Waals surface area (Å²) in [6.07, 6.45) is -4.45. The van der Waals surface area contributed by atoms with Crippen LogP contribution in [0.1, 0.15) is 15.9 Å². The lowest BCUT2D eigenvalue weighted by Crippen LogP contribution is -2.49. The third-order valence-corrected chi connectivity index (χ3v) is 6.99. The van der Waals surface area contributed by atoms with Crippen molar-refractivity contribution in [3.05, 3.63) is 114 Å². The highest BCUT2D eigenvalue weighted by Gasteiger charge is 2.30. The molecule has 1 amide bonds. The third-order valence-electron chi connectivity index (χ3n) is 6.27. The number of nitrogens with one attached hydrogen (secondary N) is 1. The number of esters is 1. The number of anilines is 1. The molecule has 11 heteroatoms. The Morgan fingerprint density at radius 2 is 1.32 bits per heavy atom. The van der Waals surface area contributed by atoms with Crippen LogP contribution in [0.4, 0.5) is 18.9 Å². The molecule has 4 rings (SSSR count). The van der Waals surface area contributed by atoms with Gasteiger partial charge in [-0.05, 0) is 58.7 Å². The third kappa shape index (κ3) is 7.38. The molecule has 4 aromatic rings. The topological polar surface area (TPSA) is 98.8 Å². The molecule has 0 fully saturated rings. The number of halogens is 3. The predicted molar refractivity (Wildman–Crippen MR) is 148 cm³/mol. The van der Waals surface area contributed by atoms with E-state index in [1.807, 2.05) is 30.3 Å². The lowest BCUT2D eigenvalue weighted by Gasteiger charge is -2.30. The van der Waals surface area contributed by atoms with Gasteiger partial charge in [0.05, 0.1) is 19.2 Å². The lowest BCUT2D eigenvalue weighted by atomic mass is 10.0. The van der Waals surface area contributed by atoms with Crippen molar-refractivity contribution in [2.75, 3.05) is 18.0 Å². The van der Waals surface area contributed by atoms with Crippen molar-refractivity contribution >= 4 is 28.8 Å². The first-order valence-corrected chi connectivity index (χ1v) is 13.3. The summed E-state index contributed by atoms with van der Waals surface area (Å²) in [6, 6.07) is 25.4. The van der Waals surface area contributed by atoms with Crippen molar-refractivity contribution in [2.45, 2.75) is 12.2 Å². The van der Waals surface area contributed by atoms with Gasteiger partial charge in [-0.25, -0.2) is 4.79 Å². The number of alkyl halides is 3. The number of benzene rings is 4. The van der Waals surface area contributed by atoms with E-state index in [0.29, 0.717) is 11.1 Å². The number of nitrogens with zero attached hydrogens (tertiary/aromatic N) is 1. The monoisotopic (exact) mass is 581 g/mol. The van der Waals surface area contributed by atoms with Crippen LogP contribution in [-0.4, -0.2) is 40.3 Å². The molecule has 212 valence electrons. The Morgan fingerprint density at radius 3 is 1.80 bits per heavy atom. The number of hydrogen-bond donors (Lipinski definition) is 1. The Bertz CT molecular complexity index is 1510. The van der Waals surface area contributed by atoms with Gasteiger partial charge in [-0.15, -0.1) is 0 Å². The Balaban J connectivity index is 1.48. The van der Waals surface area contributed by atoms with Crippen LogP contribution in [0.3, 0.4) is 0 Å². The van der Waals surface area contributed by atoms with Gasteiger partial charge in [0.15, 0.2) is 0 Å². The fourth-order valence-corrected chi connectivity index (χ4v) is 4.66. The van der Waals surface area contributed by atoms with Crippen LogP contribution < -0.4 is 9.62 Å². The van der Waals surface area contributed by atoms with Crippen LogP contribution in [0.25, 0.3) is 22.3 Å². The number of amides is 1. The molecule has 41 heavy (non-hydrogen) atoms. The quantitative estimate of drug-likeness (QED) is 0.205. The first-order chi connectivity index (χ1) is 19.6. The van der Waals surface area contributed by atoms with E-state index in [1.165, 1.54) is 24.3 Å². The maximum atomic E-state index is 13.0. The Labute approximate surface area is 237 Å². The molecule has 7 nitrogen and oxygen atoms in total. The van der Waals surface area contributed by atoms with Crippen molar-refractivity contribution in [2.24, 2.45) is 0 Å². The molecule has 0 saturated heterocycles. The highest BCUT2D eigenvalue weighted by atomic mass is 32.2. The van der Waals surface area contributed by atoms with Crippen LogP contribution in [0, 0.1) is 0 Å². The van der Waals surface area contributed by atoms with Crippen molar-refractivity contribution < 1.29 is 36.3 Å². The van der Waals surface area contributed by atoms with Gasteiger partial charge in [0.1, 0.15) is 6.04 Å². The number of rotatable bonds is 9. The van der Waals surface area contributed by atoms with E-state index in [4.69, 9.17) is 4.74 Å². The van der Waals surface area contributed by atoms with Crippen LogP contribution in [-0.2, 0) is 27.0 Å². The average Bonchev–Trinajstić information content (AvgIpc) is 2.99. The number of carbonyl (C=O) groups excluding carboxylic acids is 2. The van der Waals surface area contributed by atoms with Gasteiger partial charge >= 0.3 is 12.1 Å². The van der Waals surface area contributed by atoms with Gasteiger partial charge < -0.3 is 14.6 Å². The Morgan fingerprint density at radius 1 is 0.829 bits per heavy atom. The zero-order valence-electron chi connectivity index (χ0n) is 21.6. The second-order valence-electron chi connectivity index (χ2n) is 8.89. The fraction of sp³-hybridized carbons (Fsp3) is 0.133. The van der Waals surface area contributed by atoms with Crippen molar-refractivity contribution in [3.8, 4) is 22.3 Å². The van der Waals surface area contributed by atoms with E-state index < -0.39 is 47.5 Å². The van der Waals surface area contributed by atoms with E-state index in [0.717, 1.165) is 34.7 Å². The molecule has 0 aliphatic heterocycles. The minimum Gasteiger partial charge on any atom is -0.755 e. The molecule has 0 aromatic heterocycles. The summed E-state index contributed by atoms with van der Waals surface area (Å²) in [4.78, 5) is 25.5. The van der Waals surface area contributed by atoms with E-state index >= 15 is 0 Å². The minimum absolute atomic E-state index is 0.150. The molecule has 0 aliphatic rings. The van der Waals surface area contributed by atoms with E-state index in [9.17, 15) is 31.5 Å². The predicted octanol–water partition coefficient (Wildman–Crippen LogP) is 5.61. The molecule has 0 bridgehead atoms. The summed E-state index contributed by atoms with van der Waals surface area (Å²) in [5, 5.41) is 2.51. The fourth-order valence-electron chi connectivity index (χ4n) is 4.10. The van der Waals surface area contributed by atoms with E-state index in [-0.39, 0.29) is 11.3 Å².